The molecular weight excluding hydrogens is 142 g/mol. The second-order valence-corrected chi connectivity index (χ2v) is 3.62. The van der Waals surface area contributed by atoms with Crippen LogP contribution in [0.2, 0.25) is 0 Å². The van der Waals surface area contributed by atoms with Crippen LogP contribution in [0.25, 0.3) is 0 Å². The van der Waals surface area contributed by atoms with Crippen molar-refractivity contribution < 1.29 is 9.84 Å². The molecule has 0 aromatic rings. The Morgan fingerprint density at radius 2 is 1.91 bits per heavy atom. The molecule has 0 aliphatic carbocycles. The van der Waals surface area contributed by atoms with E-state index in [1.165, 1.54) is 0 Å². The molecule has 0 saturated carbocycles. The van der Waals surface area contributed by atoms with E-state index in [-0.39, 0.29) is 0 Å². The summed E-state index contributed by atoms with van der Waals surface area (Å²) in [6, 6.07) is 0. The summed E-state index contributed by atoms with van der Waals surface area (Å²) in [5.41, 5.74) is -0.470. The highest BCUT2D eigenvalue weighted by atomic mass is 16.5. The second kappa shape index (κ2) is 2.73. The average molecular weight is 157 g/mol. The molecule has 64 valence electrons. The fourth-order valence-electron chi connectivity index (χ4n) is 1.91. The topological polar surface area (TPSA) is 41.5 Å². The molecule has 0 atom stereocenters. The number of rotatable bonds is 1. The maximum Gasteiger partial charge on any atom is 0.114 e. The zero-order valence-corrected chi connectivity index (χ0v) is 6.68. The van der Waals surface area contributed by atoms with E-state index in [9.17, 15) is 5.11 Å². The van der Waals surface area contributed by atoms with Gasteiger partial charge in [-0.3, -0.25) is 0 Å². The number of hydrogen-bond acceptors (Lipinski definition) is 3. The summed E-state index contributed by atoms with van der Waals surface area (Å²) in [5.74, 6) is 0.470. The van der Waals surface area contributed by atoms with Gasteiger partial charge in [-0.05, 0) is 31.8 Å². The van der Waals surface area contributed by atoms with Crippen LogP contribution < -0.4 is 5.32 Å². The Kier molecular flexibility index (Phi) is 1.87. The maximum absolute atomic E-state index is 9.88. The Labute approximate surface area is 66.7 Å². The zero-order valence-electron chi connectivity index (χ0n) is 6.68. The van der Waals surface area contributed by atoms with E-state index < -0.39 is 5.60 Å². The highest BCUT2D eigenvalue weighted by Crippen LogP contribution is 2.31. The molecule has 0 bridgehead atoms. The van der Waals surface area contributed by atoms with E-state index in [0.717, 1.165) is 25.9 Å². The third-order valence-electron chi connectivity index (χ3n) is 2.80. The fraction of sp³-hybridized carbons (Fsp3) is 1.00. The van der Waals surface area contributed by atoms with Gasteiger partial charge >= 0.3 is 0 Å². The standard InChI is InChI=1S/C8H15NO2/c10-8(5-11-6-8)7-1-3-9-4-2-7/h7,9-10H,1-6H2. The molecule has 2 heterocycles. The molecule has 0 spiro atoms. The molecule has 2 rings (SSSR count). The number of piperidine rings is 1. The first-order valence-electron chi connectivity index (χ1n) is 4.32. The van der Waals surface area contributed by atoms with Crippen molar-refractivity contribution in [1.29, 1.82) is 0 Å². The van der Waals surface area contributed by atoms with Gasteiger partial charge in [0.1, 0.15) is 5.60 Å². The highest BCUT2D eigenvalue weighted by molar-refractivity contribution is 4.93. The van der Waals surface area contributed by atoms with E-state index in [1.54, 1.807) is 0 Å². The molecule has 2 aliphatic rings. The minimum Gasteiger partial charge on any atom is -0.385 e. The molecule has 0 radical (unpaired) electrons. The van der Waals surface area contributed by atoms with E-state index in [4.69, 9.17) is 4.74 Å². The van der Waals surface area contributed by atoms with Crippen molar-refractivity contribution in [2.75, 3.05) is 26.3 Å². The van der Waals surface area contributed by atoms with E-state index in [2.05, 4.69) is 5.32 Å². The predicted molar refractivity (Wildman–Crippen MR) is 41.4 cm³/mol. The van der Waals surface area contributed by atoms with Crippen LogP contribution >= 0.6 is 0 Å². The molecule has 3 heteroatoms. The van der Waals surface area contributed by atoms with Crippen molar-refractivity contribution in [3.05, 3.63) is 0 Å². The van der Waals surface area contributed by atoms with Crippen LogP contribution in [-0.2, 0) is 4.74 Å². The smallest absolute Gasteiger partial charge is 0.114 e. The minimum atomic E-state index is -0.470. The second-order valence-electron chi connectivity index (χ2n) is 3.62. The third kappa shape index (κ3) is 1.28. The molecule has 0 amide bonds. The molecule has 2 fully saturated rings. The number of hydrogen-bond donors (Lipinski definition) is 2. The lowest BCUT2D eigenvalue weighted by Crippen LogP contribution is -2.57. The van der Waals surface area contributed by atoms with Gasteiger partial charge in [-0.15, -0.1) is 0 Å². The molecule has 11 heavy (non-hydrogen) atoms. The summed E-state index contributed by atoms with van der Waals surface area (Å²) in [7, 11) is 0. The predicted octanol–water partition coefficient (Wildman–Crippen LogP) is -0.253. The molecule has 2 saturated heterocycles. The molecule has 2 aliphatic heterocycles. The highest BCUT2D eigenvalue weighted by Gasteiger charge is 2.43. The van der Waals surface area contributed by atoms with Crippen LogP contribution in [-0.4, -0.2) is 37.0 Å². The largest absolute Gasteiger partial charge is 0.385 e. The van der Waals surface area contributed by atoms with Gasteiger partial charge in [-0.25, -0.2) is 0 Å². The van der Waals surface area contributed by atoms with Crippen molar-refractivity contribution in [3.8, 4) is 0 Å². The van der Waals surface area contributed by atoms with Crippen LogP contribution in [0.5, 0.6) is 0 Å². The van der Waals surface area contributed by atoms with E-state index in [1.807, 2.05) is 0 Å². The molecule has 0 aromatic carbocycles. The summed E-state index contributed by atoms with van der Waals surface area (Å²) in [4.78, 5) is 0. The SMILES string of the molecule is OC1(C2CCNCC2)COC1. The summed E-state index contributed by atoms with van der Waals surface area (Å²) >= 11 is 0. The van der Waals surface area contributed by atoms with Crippen molar-refractivity contribution in [3.63, 3.8) is 0 Å². The van der Waals surface area contributed by atoms with Crippen LogP contribution in [0, 0.1) is 5.92 Å². The first-order valence-corrected chi connectivity index (χ1v) is 4.32. The summed E-state index contributed by atoms with van der Waals surface area (Å²) in [6.45, 7) is 3.20. The van der Waals surface area contributed by atoms with Crippen molar-refractivity contribution in [2.45, 2.75) is 18.4 Å². The molecule has 2 N–H and O–H groups in total. The third-order valence-corrected chi connectivity index (χ3v) is 2.80. The lowest BCUT2D eigenvalue weighted by molar-refractivity contribution is -0.210. The average Bonchev–Trinajstić information content (AvgIpc) is 2.02. The van der Waals surface area contributed by atoms with Crippen molar-refractivity contribution in [1.82, 2.24) is 5.32 Å². The molecular formula is C8H15NO2. The summed E-state index contributed by atoms with van der Waals surface area (Å²) in [6.07, 6.45) is 2.19. The minimum absolute atomic E-state index is 0.470. The Bertz CT molecular complexity index is 139. The Morgan fingerprint density at radius 1 is 1.27 bits per heavy atom. The van der Waals surface area contributed by atoms with Gasteiger partial charge in [-0.2, -0.15) is 0 Å². The first kappa shape index (κ1) is 7.53. The quantitative estimate of drug-likeness (QED) is 0.551. The van der Waals surface area contributed by atoms with Gasteiger partial charge in [0.15, 0.2) is 0 Å². The van der Waals surface area contributed by atoms with Gasteiger partial charge in [0.25, 0.3) is 0 Å². The van der Waals surface area contributed by atoms with Crippen molar-refractivity contribution >= 4 is 0 Å². The number of aliphatic hydroxyl groups is 1. The zero-order chi connectivity index (χ0) is 7.73. The van der Waals surface area contributed by atoms with Crippen LogP contribution in [0.15, 0.2) is 0 Å². The summed E-state index contributed by atoms with van der Waals surface area (Å²) < 4.78 is 5.02. The van der Waals surface area contributed by atoms with Crippen LogP contribution in [0.4, 0.5) is 0 Å². The Morgan fingerprint density at radius 3 is 2.36 bits per heavy atom. The van der Waals surface area contributed by atoms with E-state index in [0.29, 0.717) is 19.1 Å². The van der Waals surface area contributed by atoms with Crippen LogP contribution in [0.3, 0.4) is 0 Å². The lowest BCUT2D eigenvalue weighted by atomic mass is 9.80. The summed E-state index contributed by atoms with van der Waals surface area (Å²) in [5, 5.41) is 13.2. The van der Waals surface area contributed by atoms with E-state index >= 15 is 0 Å². The molecule has 3 nitrogen and oxygen atoms in total. The van der Waals surface area contributed by atoms with Crippen LogP contribution in [0.1, 0.15) is 12.8 Å². The normalized spacial score (nSPS) is 31.4. The fourth-order valence-corrected chi connectivity index (χ4v) is 1.91. The maximum atomic E-state index is 9.88. The lowest BCUT2D eigenvalue weighted by Gasteiger charge is -2.44. The molecule has 0 aromatic heterocycles. The van der Waals surface area contributed by atoms with Gasteiger partial charge < -0.3 is 15.2 Å². The Hall–Kier alpha value is -0.120. The number of nitrogens with one attached hydrogen (secondary N) is 1. The monoisotopic (exact) mass is 157 g/mol. The van der Waals surface area contributed by atoms with Gasteiger partial charge in [0.2, 0.25) is 0 Å². The number of ether oxygens (including phenoxy) is 1. The van der Waals surface area contributed by atoms with Gasteiger partial charge in [0, 0.05) is 0 Å². The Balaban J connectivity index is 1.91. The van der Waals surface area contributed by atoms with Gasteiger partial charge in [0.05, 0.1) is 13.2 Å². The van der Waals surface area contributed by atoms with Gasteiger partial charge in [-0.1, -0.05) is 0 Å². The van der Waals surface area contributed by atoms with Crippen molar-refractivity contribution in [2.24, 2.45) is 5.92 Å². The molecule has 0 unspecified atom stereocenters. The first-order chi connectivity index (χ1) is 5.31.